The number of carbonyl (C=O) groups is 1. The fourth-order valence-corrected chi connectivity index (χ4v) is 3.17. The van der Waals surface area contributed by atoms with Crippen LogP contribution in [0.1, 0.15) is 23.2 Å². The number of hydrogen-bond acceptors (Lipinski definition) is 3. The molecule has 1 fully saturated rings. The van der Waals surface area contributed by atoms with Gasteiger partial charge in [-0.3, -0.25) is 0 Å². The van der Waals surface area contributed by atoms with Crippen molar-refractivity contribution in [2.45, 2.75) is 31.5 Å². The highest BCUT2D eigenvalue weighted by Crippen LogP contribution is 2.25. The molecule has 1 aliphatic heterocycles. The molecule has 3 N–H and O–H groups in total. The van der Waals surface area contributed by atoms with Crippen LogP contribution in [-0.4, -0.2) is 39.4 Å². The molecule has 0 radical (unpaired) electrons. The Morgan fingerprint density at radius 3 is 3.04 bits per heavy atom. The second-order valence-corrected chi connectivity index (χ2v) is 6.22. The van der Waals surface area contributed by atoms with Crippen LogP contribution >= 0.6 is 11.6 Å². The first-order chi connectivity index (χ1) is 11.1. The fraction of sp³-hybridized carbons (Fsp3) is 0.353. The average Bonchev–Trinajstić information content (AvgIpc) is 2.87. The molecule has 23 heavy (non-hydrogen) atoms. The maximum absolute atomic E-state index is 11.4. The van der Waals surface area contributed by atoms with Gasteiger partial charge in [-0.2, -0.15) is 0 Å². The van der Waals surface area contributed by atoms with E-state index in [0.29, 0.717) is 17.0 Å². The van der Waals surface area contributed by atoms with E-state index < -0.39 is 5.97 Å². The summed E-state index contributed by atoms with van der Waals surface area (Å²) in [6.07, 6.45) is 6.92. The van der Waals surface area contributed by atoms with E-state index in [1.54, 1.807) is 24.4 Å². The van der Waals surface area contributed by atoms with Crippen molar-refractivity contribution in [2.75, 3.05) is 6.54 Å². The van der Waals surface area contributed by atoms with Gasteiger partial charge in [0.15, 0.2) is 0 Å². The number of allylic oxidation sites excluding steroid dienone is 1. The lowest BCUT2D eigenvalue weighted by molar-refractivity contribution is 0.0699. The molecule has 1 aliphatic rings. The molecule has 122 valence electrons. The molecule has 5 nitrogen and oxygen atoms in total. The van der Waals surface area contributed by atoms with Gasteiger partial charge in [0, 0.05) is 23.2 Å². The first-order valence-corrected chi connectivity index (χ1v) is 8.04. The van der Waals surface area contributed by atoms with Gasteiger partial charge in [0.05, 0.1) is 23.2 Å². The minimum Gasteiger partial charge on any atom is -0.478 e. The molecule has 2 atom stereocenters. The molecule has 0 spiro atoms. The molecule has 0 bridgehead atoms. The van der Waals surface area contributed by atoms with Crippen LogP contribution in [0.15, 0.2) is 36.5 Å². The number of fused-ring (bicyclic) bond motifs is 1. The number of rotatable bonds is 4. The quantitative estimate of drug-likeness (QED) is 0.751. The normalized spacial score (nSPS) is 22.0. The van der Waals surface area contributed by atoms with Crippen molar-refractivity contribution in [3.05, 3.63) is 47.1 Å². The Labute approximate surface area is 139 Å². The van der Waals surface area contributed by atoms with E-state index in [2.05, 4.69) is 5.32 Å². The van der Waals surface area contributed by atoms with Crippen LogP contribution in [0, 0.1) is 0 Å². The van der Waals surface area contributed by atoms with Gasteiger partial charge < -0.3 is 20.1 Å². The molecule has 0 unspecified atom stereocenters. The summed E-state index contributed by atoms with van der Waals surface area (Å²) in [7, 11) is 0. The fourth-order valence-electron chi connectivity index (χ4n) is 3.00. The summed E-state index contributed by atoms with van der Waals surface area (Å²) in [5.74, 6) is -0.954. The Bertz CT molecular complexity index is 754. The number of nitrogens with one attached hydrogen (secondary N) is 1. The zero-order valence-corrected chi connectivity index (χ0v) is 13.3. The molecule has 3 rings (SSSR count). The van der Waals surface area contributed by atoms with Gasteiger partial charge in [-0.25, -0.2) is 4.79 Å². The van der Waals surface area contributed by atoms with E-state index in [1.807, 2.05) is 16.7 Å². The van der Waals surface area contributed by atoms with Gasteiger partial charge in [-0.05, 0) is 31.5 Å². The number of carboxylic acids is 1. The van der Waals surface area contributed by atoms with E-state index >= 15 is 0 Å². The third-order valence-electron chi connectivity index (χ3n) is 4.19. The maximum Gasteiger partial charge on any atom is 0.337 e. The minimum atomic E-state index is -0.954. The average molecular weight is 335 g/mol. The van der Waals surface area contributed by atoms with Crippen molar-refractivity contribution in [1.29, 1.82) is 0 Å². The number of aliphatic hydroxyl groups excluding tert-OH is 1. The maximum atomic E-state index is 11.4. The minimum absolute atomic E-state index is 0.0480. The summed E-state index contributed by atoms with van der Waals surface area (Å²) in [5, 5.41) is 23.8. The topological polar surface area (TPSA) is 74.5 Å². The lowest BCUT2D eigenvalue weighted by atomic mass is 10.0. The Morgan fingerprint density at radius 2 is 2.30 bits per heavy atom. The van der Waals surface area contributed by atoms with Crippen molar-refractivity contribution in [1.82, 2.24) is 9.88 Å². The van der Waals surface area contributed by atoms with Crippen LogP contribution in [-0.2, 0) is 6.54 Å². The number of halogens is 1. The summed E-state index contributed by atoms with van der Waals surface area (Å²) < 4.78 is 1.86. The van der Waals surface area contributed by atoms with Crippen molar-refractivity contribution in [2.24, 2.45) is 0 Å². The summed E-state index contributed by atoms with van der Waals surface area (Å²) in [4.78, 5) is 11.4. The molecule has 1 aromatic heterocycles. The van der Waals surface area contributed by atoms with Crippen molar-refractivity contribution >= 4 is 28.5 Å². The highest BCUT2D eigenvalue weighted by atomic mass is 35.5. The lowest BCUT2D eigenvalue weighted by Gasteiger charge is -2.26. The number of aliphatic hydroxyl groups is 1. The van der Waals surface area contributed by atoms with Gasteiger partial charge >= 0.3 is 5.97 Å². The van der Waals surface area contributed by atoms with Gasteiger partial charge in [0.25, 0.3) is 0 Å². The number of nitrogens with zero attached hydrogens (tertiary/aromatic N) is 1. The zero-order valence-electron chi connectivity index (χ0n) is 12.6. The van der Waals surface area contributed by atoms with Crippen LogP contribution in [0.4, 0.5) is 0 Å². The van der Waals surface area contributed by atoms with Crippen molar-refractivity contribution in [3.8, 4) is 0 Å². The van der Waals surface area contributed by atoms with Gasteiger partial charge in [-0.15, -0.1) is 0 Å². The Morgan fingerprint density at radius 1 is 1.48 bits per heavy atom. The number of carboxylic acid groups (broad SMARTS) is 1. The number of hydrogen-bond donors (Lipinski definition) is 3. The van der Waals surface area contributed by atoms with Crippen LogP contribution in [0.5, 0.6) is 0 Å². The van der Waals surface area contributed by atoms with Crippen LogP contribution in [0.25, 0.3) is 10.9 Å². The third-order valence-corrected chi connectivity index (χ3v) is 4.43. The molecule has 1 saturated heterocycles. The molecule has 2 heterocycles. The van der Waals surface area contributed by atoms with E-state index in [1.165, 1.54) is 0 Å². The van der Waals surface area contributed by atoms with E-state index in [0.717, 1.165) is 24.9 Å². The second-order valence-electron chi connectivity index (χ2n) is 5.78. The van der Waals surface area contributed by atoms with E-state index in [4.69, 9.17) is 11.6 Å². The number of aromatic carboxylic acids is 1. The predicted octanol–water partition coefficient (Wildman–Crippen LogP) is 2.66. The van der Waals surface area contributed by atoms with E-state index in [-0.39, 0.29) is 17.7 Å². The summed E-state index contributed by atoms with van der Waals surface area (Å²) >= 11 is 6.03. The third kappa shape index (κ3) is 3.42. The molecular weight excluding hydrogens is 316 g/mol. The SMILES string of the molecule is O=C(O)c1cn(C/C=C/[C@H]2NCCC[C@@H]2O)c2cc(Cl)ccc12. The van der Waals surface area contributed by atoms with Gasteiger partial charge in [-0.1, -0.05) is 29.8 Å². The van der Waals surface area contributed by atoms with Crippen LogP contribution in [0.2, 0.25) is 5.02 Å². The molecule has 0 saturated carbocycles. The molecule has 2 aromatic rings. The smallest absolute Gasteiger partial charge is 0.337 e. The Hall–Kier alpha value is -1.82. The highest BCUT2D eigenvalue weighted by molar-refractivity contribution is 6.31. The van der Waals surface area contributed by atoms with Crippen LogP contribution < -0.4 is 5.32 Å². The summed E-state index contributed by atoms with van der Waals surface area (Å²) in [5.41, 5.74) is 1.05. The van der Waals surface area contributed by atoms with Crippen LogP contribution in [0.3, 0.4) is 0 Å². The molecule has 0 aliphatic carbocycles. The number of benzene rings is 1. The summed E-state index contributed by atoms with van der Waals surface area (Å²) in [6.45, 7) is 1.42. The van der Waals surface area contributed by atoms with Gasteiger partial charge in [0.2, 0.25) is 0 Å². The predicted molar refractivity (Wildman–Crippen MR) is 90.1 cm³/mol. The molecule has 0 amide bonds. The van der Waals surface area contributed by atoms with Crippen molar-refractivity contribution < 1.29 is 15.0 Å². The highest BCUT2D eigenvalue weighted by Gasteiger charge is 2.19. The monoisotopic (exact) mass is 334 g/mol. The Balaban J connectivity index is 1.85. The first kappa shape index (κ1) is 16.1. The Kier molecular flexibility index (Phi) is 4.71. The lowest BCUT2D eigenvalue weighted by Crippen LogP contribution is -2.43. The molecule has 1 aromatic carbocycles. The number of piperidine rings is 1. The second kappa shape index (κ2) is 6.74. The number of aromatic nitrogens is 1. The largest absolute Gasteiger partial charge is 0.478 e. The molecular formula is C17H19ClN2O3. The van der Waals surface area contributed by atoms with E-state index in [9.17, 15) is 15.0 Å². The standard InChI is InChI=1S/C17H19ClN2O3/c18-11-5-6-12-13(17(22)23)10-20(15(12)9-11)8-2-3-14-16(21)4-1-7-19-14/h2-3,5-6,9-10,14,16,19,21H,1,4,7-8H2,(H,22,23)/b3-2+/t14-,16+/m1/s1. The first-order valence-electron chi connectivity index (χ1n) is 7.66. The van der Waals surface area contributed by atoms with Gasteiger partial charge in [0.1, 0.15) is 0 Å². The molecule has 6 heteroatoms. The summed E-state index contributed by atoms with van der Waals surface area (Å²) in [6, 6.07) is 5.14. The van der Waals surface area contributed by atoms with Crippen molar-refractivity contribution in [3.63, 3.8) is 0 Å². The zero-order chi connectivity index (χ0) is 16.4.